The van der Waals surface area contributed by atoms with Crippen LogP contribution in [0.5, 0.6) is 5.75 Å². The molecule has 0 aliphatic heterocycles. The van der Waals surface area contributed by atoms with Gasteiger partial charge in [0.1, 0.15) is 22.5 Å². The molecule has 0 saturated heterocycles. The van der Waals surface area contributed by atoms with E-state index in [2.05, 4.69) is 9.69 Å². The number of hydrogen-bond donors (Lipinski definition) is 3. The summed E-state index contributed by atoms with van der Waals surface area (Å²) in [5, 5.41) is 2.92. The van der Waals surface area contributed by atoms with E-state index in [4.69, 9.17) is 16.2 Å². The monoisotopic (exact) mass is 561 g/mol. The van der Waals surface area contributed by atoms with Crippen LogP contribution in [0.4, 0.5) is 10.1 Å². The second kappa shape index (κ2) is 12.9. The van der Waals surface area contributed by atoms with Crippen LogP contribution in [0.15, 0.2) is 78.9 Å². The molecule has 0 spiro atoms. The average molecular weight is 562 g/mol. The molecule has 206 valence electrons. The van der Waals surface area contributed by atoms with Crippen molar-refractivity contribution in [2.45, 2.75) is 26.1 Å². The lowest BCUT2D eigenvalue weighted by molar-refractivity contribution is -0.126. The predicted molar refractivity (Wildman–Crippen MR) is 150 cm³/mol. The van der Waals surface area contributed by atoms with Gasteiger partial charge in [0.2, 0.25) is 5.91 Å². The average Bonchev–Trinajstić information content (AvgIpc) is 3.35. The summed E-state index contributed by atoms with van der Waals surface area (Å²) in [5.41, 5.74) is 13.0. The Morgan fingerprint density at radius 2 is 1.68 bits per heavy atom. The van der Waals surface area contributed by atoms with Gasteiger partial charge in [0.05, 0.1) is 12.3 Å². The maximum absolute atomic E-state index is 14.0. The fraction of sp³-hybridized carbons (Fsp3) is 0.172. The molecule has 9 nitrogen and oxygen atoms in total. The van der Waals surface area contributed by atoms with Gasteiger partial charge in [-0.1, -0.05) is 54.6 Å². The Kier molecular flexibility index (Phi) is 9.07. The van der Waals surface area contributed by atoms with Gasteiger partial charge < -0.3 is 26.4 Å². The Morgan fingerprint density at radius 1 is 1.00 bits per heavy atom. The molecule has 4 rings (SSSR count). The first kappa shape index (κ1) is 28.2. The Bertz CT molecular complexity index is 1480. The van der Waals surface area contributed by atoms with Crippen LogP contribution in [0.1, 0.15) is 49.8 Å². The number of primary amides is 1. The Labute approximate surface area is 234 Å². The molecule has 40 heavy (non-hydrogen) atoms. The molecule has 0 radical (unpaired) electrons. The van der Waals surface area contributed by atoms with Gasteiger partial charge in [-0.2, -0.15) is 4.37 Å². The minimum Gasteiger partial charge on any atom is -0.494 e. The molecule has 1 heterocycles. The van der Waals surface area contributed by atoms with Crippen molar-refractivity contribution in [1.82, 2.24) is 14.6 Å². The zero-order valence-corrected chi connectivity index (χ0v) is 22.5. The van der Waals surface area contributed by atoms with Gasteiger partial charge in [-0.15, -0.1) is 0 Å². The number of nitrogen functional groups attached to an aromatic ring is 1. The van der Waals surface area contributed by atoms with Gasteiger partial charge in [-0.3, -0.25) is 14.4 Å². The van der Waals surface area contributed by atoms with Crippen molar-refractivity contribution in [3.8, 4) is 5.75 Å². The highest BCUT2D eigenvalue weighted by atomic mass is 32.1. The van der Waals surface area contributed by atoms with E-state index in [1.807, 2.05) is 37.3 Å². The lowest BCUT2D eigenvalue weighted by atomic mass is 10.0. The fourth-order valence-electron chi connectivity index (χ4n) is 4.09. The molecule has 0 bridgehead atoms. The van der Waals surface area contributed by atoms with Gasteiger partial charge in [-0.25, -0.2) is 4.39 Å². The van der Waals surface area contributed by atoms with Gasteiger partial charge in [0.25, 0.3) is 11.8 Å². The van der Waals surface area contributed by atoms with E-state index in [9.17, 15) is 18.8 Å². The SMILES string of the molecule is CCOc1ccc([C@H](C(=O)NCc2ccccc2)N(Cc2ccc(F)cc2)C(=O)c2snc(C(N)=O)c2N)cc1. The zero-order chi connectivity index (χ0) is 28.6. The number of anilines is 1. The smallest absolute Gasteiger partial charge is 0.270 e. The number of nitrogens with one attached hydrogen (secondary N) is 1. The zero-order valence-electron chi connectivity index (χ0n) is 21.7. The molecule has 5 N–H and O–H groups in total. The molecular weight excluding hydrogens is 533 g/mol. The van der Waals surface area contributed by atoms with Crippen LogP contribution in [0, 0.1) is 5.82 Å². The van der Waals surface area contributed by atoms with Crippen LogP contribution in [-0.4, -0.2) is 33.6 Å². The third kappa shape index (κ3) is 6.62. The van der Waals surface area contributed by atoms with Gasteiger partial charge in [0, 0.05) is 13.1 Å². The van der Waals surface area contributed by atoms with Crippen molar-refractivity contribution >= 4 is 34.9 Å². The van der Waals surface area contributed by atoms with Gasteiger partial charge >= 0.3 is 0 Å². The topological polar surface area (TPSA) is 141 Å². The van der Waals surface area contributed by atoms with Crippen molar-refractivity contribution in [2.75, 3.05) is 12.3 Å². The standard InChI is InChI=1S/C29H28FN5O4S/c1-2-39-22-14-10-20(11-15-22)25(28(37)33-16-18-6-4-3-5-7-18)35(17-19-8-12-21(30)13-9-19)29(38)26-23(31)24(27(32)36)34-40-26/h3-15,25H,2,16-17,31H2,1H3,(H2,32,36)(H,33,37)/t25-/m1/s1. The predicted octanol–water partition coefficient (Wildman–Crippen LogP) is 4.06. The molecule has 0 aliphatic carbocycles. The summed E-state index contributed by atoms with van der Waals surface area (Å²) in [5.74, 6) is -1.81. The highest BCUT2D eigenvalue weighted by Crippen LogP contribution is 2.31. The maximum atomic E-state index is 14.0. The third-order valence-corrected chi connectivity index (χ3v) is 6.91. The summed E-state index contributed by atoms with van der Waals surface area (Å²) < 4.78 is 23.2. The van der Waals surface area contributed by atoms with Gasteiger partial charge in [-0.05, 0) is 59.4 Å². The number of halogens is 1. The lowest BCUT2D eigenvalue weighted by Gasteiger charge is -2.31. The third-order valence-electron chi connectivity index (χ3n) is 6.06. The molecule has 3 aromatic carbocycles. The Balaban J connectivity index is 1.78. The number of nitrogens with two attached hydrogens (primary N) is 2. The van der Waals surface area contributed by atoms with E-state index in [-0.39, 0.29) is 29.3 Å². The number of ether oxygens (including phenoxy) is 1. The highest BCUT2D eigenvalue weighted by molar-refractivity contribution is 7.09. The number of amides is 3. The highest BCUT2D eigenvalue weighted by Gasteiger charge is 2.35. The molecule has 1 atom stereocenters. The van der Waals surface area contributed by atoms with Crippen LogP contribution < -0.4 is 21.5 Å². The van der Waals surface area contributed by atoms with E-state index in [0.717, 1.165) is 17.1 Å². The van der Waals surface area contributed by atoms with Crippen LogP contribution in [0.2, 0.25) is 0 Å². The van der Waals surface area contributed by atoms with Crippen molar-refractivity contribution in [3.63, 3.8) is 0 Å². The van der Waals surface area contributed by atoms with E-state index >= 15 is 0 Å². The molecule has 4 aromatic rings. The second-order valence-electron chi connectivity index (χ2n) is 8.81. The molecule has 3 amide bonds. The number of nitrogens with zero attached hydrogens (tertiary/aromatic N) is 2. The van der Waals surface area contributed by atoms with E-state index in [1.54, 1.807) is 24.3 Å². The number of carbonyl (C=O) groups excluding carboxylic acids is 3. The molecule has 0 saturated carbocycles. The first-order chi connectivity index (χ1) is 19.3. The second-order valence-corrected chi connectivity index (χ2v) is 9.58. The van der Waals surface area contributed by atoms with Crippen molar-refractivity contribution in [1.29, 1.82) is 0 Å². The first-order valence-electron chi connectivity index (χ1n) is 12.4. The molecule has 0 unspecified atom stereocenters. The summed E-state index contributed by atoms with van der Waals surface area (Å²) >= 11 is 0.719. The summed E-state index contributed by atoms with van der Waals surface area (Å²) in [7, 11) is 0. The number of aromatic nitrogens is 1. The molecule has 11 heteroatoms. The normalized spacial score (nSPS) is 11.4. The molecule has 0 aliphatic rings. The fourth-order valence-corrected chi connectivity index (χ4v) is 4.86. The number of benzene rings is 3. The van der Waals surface area contributed by atoms with E-state index < -0.39 is 29.6 Å². The van der Waals surface area contributed by atoms with Gasteiger partial charge in [0.15, 0.2) is 5.69 Å². The van der Waals surface area contributed by atoms with E-state index in [1.165, 1.54) is 29.2 Å². The summed E-state index contributed by atoms with van der Waals surface area (Å²) in [6.45, 7) is 2.47. The summed E-state index contributed by atoms with van der Waals surface area (Å²) in [6.07, 6.45) is 0. The number of rotatable bonds is 11. The Morgan fingerprint density at radius 3 is 2.27 bits per heavy atom. The molecule has 0 fully saturated rings. The van der Waals surface area contributed by atoms with Crippen LogP contribution in [-0.2, 0) is 17.9 Å². The van der Waals surface area contributed by atoms with Crippen molar-refractivity contribution in [2.24, 2.45) is 5.73 Å². The lowest BCUT2D eigenvalue weighted by Crippen LogP contribution is -2.43. The van der Waals surface area contributed by atoms with E-state index in [0.29, 0.717) is 23.5 Å². The van der Waals surface area contributed by atoms with Crippen molar-refractivity contribution < 1.29 is 23.5 Å². The van der Waals surface area contributed by atoms with Crippen molar-refractivity contribution in [3.05, 3.63) is 112 Å². The number of carbonyl (C=O) groups is 3. The minimum absolute atomic E-state index is 0.0392. The van der Waals surface area contributed by atoms with Crippen LogP contribution in [0.25, 0.3) is 0 Å². The van der Waals surface area contributed by atoms with Crippen LogP contribution in [0.3, 0.4) is 0 Å². The molecule has 1 aromatic heterocycles. The first-order valence-corrected chi connectivity index (χ1v) is 13.2. The van der Waals surface area contributed by atoms with Crippen LogP contribution >= 0.6 is 11.5 Å². The largest absolute Gasteiger partial charge is 0.494 e. The molecular formula is C29H28FN5O4S. The summed E-state index contributed by atoms with van der Waals surface area (Å²) in [4.78, 5) is 40.9. The summed E-state index contributed by atoms with van der Waals surface area (Å²) in [6, 6.07) is 20.6. The quantitative estimate of drug-likeness (QED) is 0.252. The maximum Gasteiger partial charge on any atom is 0.270 e. The Hall–Kier alpha value is -4.77. The minimum atomic E-state index is -1.13. The number of hydrogen-bond acceptors (Lipinski definition) is 7.